The predicted molar refractivity (Wildman–Crippen MR) is 114 cm³/mol. The first kappa shape index (κ1) is 20.9. The minimum atomic E-state index is -0.327. The molecule has 0 aliphatic rings. The molecule has 144 valence electrons. The van der Waals surface area contributed by atoms with Crippen LogP contribution in [-0.2, 0) is 4.79 Å². The summed E-state index contributed by atoms with van der Waals surface area (Å²) in [6.45, 7) is 4.35. The quantitative estimate of drug-likeness (QED) is 0.285. The fourth-order valence-corrected chi connectivity index (χ4v) is 3.03. The molecule has 0 spiro atoms. The molecule has 2 rings (SSSR count). The molecule has 8 heteroatoms. The fourth-order valence-electron chi connectivity index (χ4n) is 2.04. The number of hydrogen-bond acceptors (Lipinski definition) is 4. The smallest absolute Gasteiger partial charge is 0.308 e. The molecule has 0 aliphatic carbocycles. The maximum atomic E-state index is 12.1. The Kier molecular flexibility index (Phi) is 8.29. The third-order valence-corrected chi connectivity index (χ3v) is 5.16. The second kappa shape index (κ2) is 10.7. The lowest BCUT2D eigenvalue weighted by atomic mass is 10.3. The van der Waals surface area contributed by atoms with Crippen molar-refractivity contribution in [2.24, 2.45) is 0 Å². The van der Waals surface area contributed by atoms with E-state index in [0.717, 1.165) is 12.1 Å². The minimum absolute atomic E-state index is 0.121. The Morgan fingerprint density at radius 2 is 1.48 bits per heavy atom. The SMILES string of the molecule is CCC(C)Sc1ccc(NC(=O)Nc2ccc(NNC(=O)CCl)cc2)cc1. The van der Waals surface area contributed by atoms with Gasteiger partial charge in [0.25, 0.3) is 5.91 Å². The molecule has 6 nitrogen and oxygen atoms in total. The van der Waals surface area contributed by atoms with E-state index in [0.29, 0.717) is 16.6 Å². The van der Waals surface area contributed by atoms with Gasteiger partial charge in [0.2, 0.25) is 0 Å². The highest BCUT2D eigenvalue weighted by molar-refractivity contribution is 7.99. The van der Waals surface area contributed by atoms with Gasteiger partial charge in [-0.15, -0.1) is 23.4 Å². The van der Waals surface area contributed by atoms with E-state index < -0.39 is 0 Å². The molecule has 0 aromatic heterocycles. The van der Waals surface area contributed by atoms with E-state index in [2.05, 4.69) is 35.3 Å². The zero-order valence-electron chi connectivity index (χ0n) is 15.2. The normalized spacial score (nSPS) is 11.4. The molecule has 27 heavy (non-hydrogen) atoms. The second-order valence-electron chi connectivity index (χ2n) is 5.82. The molecular weight excluding hydrogens is 384 g/mol. The van der Waals surface area contributed by atoms with Crippen molar-refractivity contribution in [2.75, 3.05) is 21.9 Å². The first-order valence-electron chi connectivity index (χ1n) is 8.55. The molecular formula is C19H23ClN4O2S. The van der Waals surface area contributed by atoms with Gasteiger partial charge in [0.1, 0.15) is 5.88 Å². The number of hydrogen-bond donors (Lipinski definition) is 4. The summed E-state index contributed by atoms with van der Waals surface area (Å²) in [5.41, 5.74) is 7.19. The number of anilines is 3. The average molecular weight is 407 g/mol. The number of halogens is 1. The molecule has 0 saturated carbocycles. The van der Waals surface area contributed by atoms with Crippen molar-refractivity contribution in [3.05, 3.63) is 48.5 Å². The standard InChI is InChI=1S/C19H23ClN4O2S/c1-3-13(2)27-17-10-8-15(9-11-17)22-19(26)21-14-4-6-16(7-5-14)23-24-18(25)12-20/h4-11,13,23H,3,12H2,1-2H3,(H,24,25)(H2,21,22,26). The summed E-state index contributed by atoms with van der Waals surface area (Å²) in [6, 6.07) is 14.4. The molecule has 0 fully saturated rings. The van der Waals surface area contributed by atoms with Gasteiger partial charge in [-0.05, 0) is 55.0 Å². The highest BCUT2D eigenvalue weighted by Gasteiger charge is 2.05. The summed E-state index contributed by atoms with van der Waals surface area (Å²) in [6.07, 6.45) is 1.11. The Hall–Kier alpha value is -2.38. The summed E-state index contributed by atoms with van der Waals surface area (Å²) in [5.74, 6) is -0.448. The highest BCUT2D eigenvalue weighted by Crippen LogP contribution is 2.26. The lowest BCUT2D eigenvalue weighted by Gasteiger charge is -2.11. The van der Waals surface area contributed by atoms with Crippen LogP contribution in [0.2, 0.25) is 0 Å². The number of urea groups is 1. The zero-order valence-corrected chi connectivity index (χ0v) is 16.8. The molecule has 0 heterocycles. The number of amides is 3. The van der Waals surface area contributed by atoms with E-state index in [1.807, 2.05) is 36.0 Å². The van der Waals surface area contributed by atoms with Crippen molar-refractivity contribution in [1.29, 1.82) is 0 Å². The zero-order chi connectivity index (χ0) is 19.6. The largest absolute Gasteiger partial charge is 0.323 e. The van der Waals surface area contributed by atoms with Crippen LogP contribution in [-0.4, -0.2) is 23.1 Å². The van der Waals surface area contributed by atoms with Gasteiger partial charge in [-0.1, -0.05) is 13.8 Å². The van der Waals surface area contributed by atoms with E-state index in [4.69, 9.17) is 11.6 Å². The summed E-state index contributed by atoms with van der Waals surface area (Å²) < 4.78 is 0. The maximum absolute atomic E-state index is 12.1. The number of rotatable bonds is 8. The summed E-state index contributed by atoms with van der Waals surface area (Å²) in [4.78, 5) is 24.4. The van der Waals surface area contributed by atoms with Crippen molar-refractivity contribution >= 4 is 52.4 Å². The molecule has 4 N–H and O–H groups in total. The molecule has 1 unspecified atom stereocenters. The van der Waals surface area contributed by atoms with Crippen molar-refractivity contribution in [1.82, 2.24) is 5.43 Å². The summed E-state index contributed by atoms with van der Waals surface area (Å²) in [7, 11) is 0. The minimum Gasteiger partial charge on any atom is -0.308 e. The van der Waals surface area contributed by atoms with Gasteiger partial charge in [-0.25, -0.2) is 4.79 Å². The van der Waals surface area contributed by atoms with Gasteiger partial charge in [-0.2, -0.15) is 0 Å². The number of hydrazine groups is 1. The number of nitrogens with one attached hydrogen (secondary N) is 4. The Balaban J connectivity index is 1.83. The number of carbonyl (C=O) groups excluding carboxylic acids is 2. The number of benzene rings is 2. The van der Waals surface area contributed by atoms with Gasteiger partial charge >= 0.3 is 6.03 Å². The molecule has 0 aliphatic heterocycles. The van der Waals surface area contributed by atoms with Crippen LogP contribution in [0.5, 0.6) is 0 Å². The molecule has 0 bridgehead atoms. The Labute approximate surface area is 168 Å². The van der Waals surface area contributed by atoms with Crippen LogP contribution in [0.3, 0.4) is 0 Å². The predicted octanol–water partition coefficient (Wildman–Crippen LogP) is 4.90. The lowest BCUT2D eigenvalue weighted by molar-refractivity contribution is -0.118. The summed E-state index contributed by atoms with van der Waals surface area (Å²) >= 11 is 7.21. The van der Waals surface area contributed by atoms with Gasteiger partial charge < -0.3 is 10.6 Å². The van der Waals surface area contributed by atoms with E-state index in [1.165, 1.54) is 4.90 Å². The highest BCUT2D eigenvalue weighted by atomic mass is 35.5. The maximum Gasteiger partial charge on any atom is 0.323 e. The fraction of sp³-hybridized carbons (Fsp3) is 0.263. The van der Waals surface area contributed by atoms with Gasteiger partial charge in [-0.3, -0.25) is 15.6 Å². The topological polar surface area (TPSA) is 82.3 Å². The van der Waals surface area contributed by atoms with E-state index >= 15 is 0 Å². The van der Waals surface area contributed by atoms with Gasteiger partial charge in [0.15, 0.2) is 0 Å². The van der Waals surface area contributed by atoms with Crippen molar-refractivity contribution in [2.45, 2.75) is 30.4 Å². The van der Waals surface area contributed by atoms with Crippen LogP contribution in [0.15, 0.2) is 53.4 Å². The van der Waals surface area contributed by atoms with Crippen LogP contribution in [0.1, 0.15) is 20.3 Å². The number of carbonyl (C=O) groups is 2. The third-order valence-electron chi connectivity index (χ3n) is 3.63. The lowest BCUT2D eigenvalue weighted by Crippen LogP contribution is -2.30. The van der Waals surface area contributed by atoms with Crippen LogP contribution in [0.25, 0.3) is 0 Å². The summed E-state index contributed by atoms with van der Waals surface area (Å²) in [5, 5.41) is 6.12. The van der Waals surface area contributed by atoms with Gasteiger partial charge in [0, 0.05) is 21.5 Å². The number of alkyl halides is 1. The third kappa shape index (κ3) is 7.40. The van der Waals surface area contributed by atoms with E-state index in [1.54, 1.807) is 24.3 Å². The monoisotopic (exact) mass is 406 g/mol. The number of thioether (sulfide) groups is 1. The molecule has 2 aromatic rings. The Morgan fingerprint density at radius 1 is 0.963 bits per heavy atom. The van der Waals surface area contributed by atoms with Crippen LogP contribution in [0.4, 0.5) is 21.9 Å². The Morgan fingerprint density at radius 3 is 2.00 bits per heavy atom. The van der Waals surface area contributed by atoms with Crippen molar-refractivity contribution in [3.8, 4) is 0 Å². The average Bonchev–Trinajstić information content (AvgIpc) is 2.68. The first-order valence-corrected chi connectivity index (χ1v) is 9.97. The molecule has 0 saturated heterocycles. The first-order chi connectivity index (χ1) is 13.0. The molecule has 1 atom stereocenters. The molecule has 2 aromatic carbocycles. The Bertz CT molecular complexity index is 753. The second-order valence-corrected chi connectivity index (χ2v) is 7.60. The molecule has 0 radical (unpaired) electrons. The van der Waals surface area contributed by atoms with E-state index in [9.17, 15) is 9.59 Å². The van der Waals surface area contributed by atoms with E-state index in [-0.39, 0.29) is 17.8 Å². The van der Waals surface area contributed by atoms with Crippen LogP contribution >= 0.6 is 23.4 Å². The van der Waals surface area contributed by atoms with Crippen molar-refractivity contribution in [3.63, 3.8) is 0 Å². The van der Waals surface area contributed by atoms with Crippen molar-refractivity contribution < 1.29 is 9.59 Å². The molecule has 3 amide bonds. The van der Waals surface area contributed by atoms with Crippen LogP contribution in [0, 0.1) is 0 Å². The van der Waals surface area contributed by atoms with Crippen LogP contribution < -0.4 is 21.5 Å². The van der Waals surface area contributed by atoms with Gasteiger partial charge in [0.05, 0.1) is 5.69 Å².